The van der Waals surface area contributed by atoms with Gasteiger partial charge in [0, 0.05) is 49.1 Å². The Morgan fingerprint density at radius 2 is 1.48 bits per heavy atom. The molecule has 0 bridgehead atoms. The normalized spacial score (nSPS) is 15.9. The lowest BCUT2D eigenvalue weighted by atomic mass is 10.1. The van der Waals surface area contributed by atoms with Gasteiger partial charge in [-0.25, -0.2) is 0 Å². The maximum absolute atomic E-state index is 13.5. The van der Waals surface area contributed by atoms with E-state index in [1.165, 1.54) is 23.9 Å². The van der Waals surface area contributed by atoms with Gasteiger partial charge in [-0.15, -0.1) is 0 Å². The Balaban J connectivity index is 0.912. The fraction of sp³-hybridized carbons (Fsp3) is 0.378. The maximum atomic E-state index is 13.5. The van der Waals surface area contributed by atoms with Gasteiger partial charge in [-0.2, -0.15) is 13.2 Å². The molecule has 0 aromatic heterocycles. The van der Waals surface area contributed by atoms with Crippen LogP contribution in [0.5, 0.6) is 11.5 Å². The van der Waals surface area contributed by atoms with E-state index in [2.05, 4.69) is 9.80 Å². The summed E-state index contributed by atoms with van der Waals surface area (Å²) in [5.74, 6) is 0.823. The van der Waals surface area contributed by atoms with Crippen LogP contribution in [-0.2, 0) is 15.7 Å². The molecule has 4 aromatic rings. The molecule has 4 aromatic carbocycles. The summed E-state index contributed by atoms with van der Waals surface area (Å²) >= 11 is 1.51. The number of alkyl halides is 3. The molecule has 1 fully saturated rings. The molecule has 48 heavy (non-hydrogen) atoms. The second-order valence-electron chi connectivity index (χ2n) is 12.2. The second-order valence-corrected chi connectivity index (χ2v) is 13.3. The molecule has 0 aliphatic carbocycles. The van der Waals surface area contributed by atoms with Crippen LogP contribution in [-0.4, -0.2) is 81.9 Å². The van der Waals surface area contributed by atoms with Gasteiger partial charge < -0.3 is 24.0 Å². The summed E-state index contributed by atoms with van der Waals surface area (Å²) in [7, 11) is 1.64. The number of para-hydroxylation sites is 1. The van der Waals surface area contributed by atoms with Crippen LogP contribution >= 0.6 is 11.8 Å². The first-order valence-corrected chi connectivity index (χ1v) is 17.1. The Morgan fingerprint density at radius 1 is 0.812 bits per heavy atom. The third-order valence-electron chi connectivity index (χ3n) is 8.85. The Bertz CT molecular complexity index is 1730. The van der Waals surface area contributed by atoms with Crippen molar-refractivity contribution in [3.05, 3.63) is 84.4 Å². The number of esters is 1. The number of piperazine rings is 1. The first-order valence-electron chi connectivity index (χ1n) is 16.3. The number of anilines is 2. The SMILES string of the molecule is COc1ccc2cc(OCC(C)C(=O)OCCN3CCN(CCCN4c5ccccc5Sc5ccc(C(F)(F)F)cc54)CC3)ccc2c1. The molecule has 0 amide bonds. The summed E-state index contributed by atoms with van der Waals surface area (Å²) in [6, 6.07) is 23.6. The first-order chi connectivity index (χ1) is 23.2. The van der Waals surface area contributed by atoms with Crippen LogP contribution in [0.15, 0.2) is 88.7 Å². The smallest absolute Gasteiger partial charge is 0.416 e. The van der Waals surface area contributed by atoms with Gasteiger partial charge in [0.05, 0.1) is 30.0 Å². The van der Waals surface area contributed by atoms with E-state index in [9.17, 15) is 18.0 Å². The summed E-state index contributed by atoms with van der Waals surface area (Å²) < 4.78 is 57.4. The van der Waals surface area contributed by atoms with Gasteiger partial charge in [-0.3, -0.25) is 9.69 Å². The summed E-state index contributed by atoms with van der Waals surface area (Å²) in [5.41, 5.74) is 0.937. The zero-order valence-corrected chi connectivity index (χ0v) is 28.0. The summed E-state index contributed by atoms with van der Waals surface area (Å²) in [6.07, 6.45) is -3.57. The van der Waals surface area contributed by atoms with Crippen LogP contribution in [0.4, 0.5) is 24.5 Å². The highest BCUT2D eigenvalue weighted by Gasteiger charge is 2.33. The van der Waals surface area contributed by atoms with E-state index in [0.29, 0.717) is 31.1 Å². The Kier molecular flexibility index (Phi) is 10.7. The number of methoxy groups -OCH3 is 1. The van der Waals surface area contributed by atoms with Crippen LogP contribution in [0.2, 0.25) is 0 Å². The zero-order chi connectivity index (χ0) is 33.7. The minimum absolute atomic E-state index is 0.232. The third-order valence-corrected chi connectivity index (χ3v) is 9.98. The van der Waals surface area contributed by atoms with Crippen molar-refractivity contribution in [3.63, 3.8) is 0 Å². The molecule has 2 heterocycles. The van der Waals surface area contributed by atoms with Gasteiger partial charge in [0.25, 0.3) is 0 Å². The predicted molar refractivity (Wildman–Crippen MR) is 183 cm³/mol. The highest BCUT2D eigenvalue weighted by atomic mass is 32.2. The monoisotopic (exact) mass is 679 g/mol. The number of benzene rings is 4. The van der Waals surface area contributed by atoms with Crippen molar-refractivity contribution in [2.45, 2.75) is 29.3 Å². The van der Waals surface area contributed by atoms with E-state index in [1.807, 2.05) is 72.5 Å². The van der Waals surface area contributed by atoms with E-state index < -0.39 is 17.7 Å². The highest BCUT2D eigenvalue weighted by Crippen LogP contribution is 2.49. The first kappa shape index (κ1) is 34.0. The van der Waals surface area contributed by atoms with Gasteiger partial charge in [0.1, 0.15) is 24.7 Å². The number of halogens is 3. The van der Waals surface area contributed by atoms with E-state index >= 15 is 0 Å². The van der Waals surface area contributed by atoms with E-state index in [4.69, 9.17) is 14.2 Å². The average molecular weight is 680 g/mol. The van der Waals surface area contributed by atoms with Gasteiger partial charge >= 0.3 is 12.1 Å². The molecule has 1 unspecified atom stereocenters. The van der Waals surface area contributed by atoms with Crippen molar-refractivity contribution < 1.29 is 32.2 Å². The minimum Gasteiger partial charge on any atom is -0.497 e. The number of carbonyl (C=O) groups is 1. The van der Waals surface area contributed by atoms with Crippen LogP contribution < -0.4 is 14.4 Å². The number of rotatable bonds is 12. The van der Waals surface area contributed by atoms with Crippen LogP contribution in [0.3, 0.4) is 0 Å². The molecule has 1 saturated heterocycles. The van der Waals surface area contributed by atoms with Crippen molar-refractivity contribution in [3.8, 4) is 11.5 Å². The summed E-state index contributed by atoms with van der Waals surface area (Å²) in [5, 5.41) is 2.08. The van der Waals surface area contributed by atoms with Crippen molar-refractivity contribution in [1.29, 1.82) is 0 Å². The molecule has 254 valence electrons. The average Bonchev–Trinajstić information content (AvgIpc) is 3.09. The van der Waals surface area contributed by atoms with Crippen molar-refractivity contribution in [1.82, 2.24) is 9.80 Å². The largest absolute Gasteiger partial charge is 0.497 e. The molecule has 6 rings (SSSR count). The van der Waals surface area contributed by atoms with Gasteiger partial charge in [0.2, 0.25) is 0 Å². The molecule has 1 atom stereocenters. The lowest BCUT2D eigenvalue weighted by molar-refractivity contribution is -0.149. The van der Waals surface area contributed by atoms with E-state index in [1.54, 1.807) is 13.2 Å². The molecule has 0 N–H and O–H groups in total. The molecule has 0 radical (unpaired) electrons. The molecule has 11 heteroatoms. The summed E-state index contributed by atoms with van der Waals surface area (Å²) in [6.45, 7) is 8.02. The van der Waals surface area contributed by atoms with Gasteiger partial charge in [0.15, 0.2) is 0 Å². The number of fused-ring (bicyclic) bond motifs is 3. The fourth-order valence-corrected chi connectivity index (χ4v) is 7.14. The molecule has 0 spiro atoms. The summed E-state index contributed by atoms with van der Waals surface area (Å²) in [4.78, 5) is 21.2. The van der Waals surface area contributed by atoms with Gasteiger partial charge in [-0.05, 0) is 85.3 Å². The molecule has 2 aliphatic rings. The van der Waals surface area contributed by atoms with Crippen LogP contribution in [0, 0.1) is 5.92 Å². The van der Waals surface area contributed by atoms with E-state index in [0.717, 1.165) is 71.1 Å². The van der Waals surface area contributed by atoms with Crippen molar-refractivity contribution in [2.75, 3.05) is 71.0 Å². The minimum atomic E-state index is -4.39. The lowest BCUT2D eigenvalue weighted by Crippen LogP contribution is -2.47. The number of hydrogen-bond acceptors (Lipinski definition) is 8. The topological polar surface area (TPSA) is 54.5 Å². The van der Waals surface area contributed by atoms with Crippen LogP contribution in [0.1, 0.15) is 18.9 Å². The molecular formula is C37H40F3N3O4S. The van der Waals surface area contributed by atoms with E-state index in [-0.39, 0.29) is 12.6 Å². The van der Waals surface area contributed by atoms with Crippen molar-refractivity contribution in [2.24, 2.45) is 5.92 Å². The number of hydrogen-bond donors (Lipinski definition) is 0. The standard InChI is InChI=1S/C37H40F3N3O4S/c1-26(25-47-31-12-9-27-22-30(45-2)11-8-28(27)23-31)36(44)46-21-20-42-18-16-41(17-19-42)14-5-15-43-32-6-3-4-7-34(32)48-35-13-10-29(24-33(35)43)37(38,39)40/h3-4,6-13,22-24,26H,5,14-21,25H2,1-2H3. The highest BCUT2D eigenvalue weighted by molar-refractivity contribution is 7.99. The zero-order valence-electron chi connectivity index (χ0n) is 27.2. The third kappa shape index (κ3) is 8.19. The number of carbonyl (C=O) groups excluding carboxylic acids is 1. The molecule has 7 nitrogen and oxygen atoms in total. The predicted octanol–water partition coefficient (Wildman–Crippen LogP) is 7.74. The Labute approximate surface area is 283 Å². The number of nitrogens with zero attached hydrogens (tertiary/aromatic N) is 3. The van der Waals surface area contributed by atoms with Crippen molar-refractivity contribution >= 4 is 39.9 Å². The Morgan fingerprint density at radius 3 is 2.21 bits per heavy atom. The Hall–Kier alpha value is -3.93. The molecular weight excluding hydrogens is 639 g/mol. The quantitative estimate of drug-likeness (QED) is 0.141. The van der Waals surface area contributed by atoms with Crippen LogP contribution in [0.25, 0.3) is 10.8 Å². The second kappa shape index (κ2) is 15.1. The van der Waals surface area contributed by atoms with Gasteiger partial charge in [-0.1, -0.05) is 36.0 Å². The lowest BCUT2D eigenvalue weighted by Gasteiger charge is -2.36. The number of ether oxygens (including phenoxy) is 3. The maximum Gasteiger partial charge on any atom is 0.416 e. The molecule has 0 saturated carbocycles. The fourth-order valence-electron chi connectivity index (χ4n) is 6.06. The molecule has 2 aliphatic heterocycles.